The van der Waals surface area contributed by atoms with Gasteiger partial charge in [0.05, 0.1) is 0 Å². The highest BCUT2D eigenvalue weighted by molar-refractivity contribution is 5.76. The summed E-state index contributed by atoms with van der Waals surface area (Å²) in [7, 11) is 0. The summed E-state index contributed by atoms with van der Waals surface area (Å²) in [6.45, 7) is 4.13. The zero-order chi connectivity index (χ0) is 18.2. The van der Waals surface area contributed by atoms with Gasteiger partial charge in [-0.15, -0.1) is 0 Å². The largest absolute Gasteiger partial charge is 0.366 e. The Morgan fingerprint density at radius 3 is 2.85 bits per heavy atom. The molecule has 2 aromatic carbocycles. The predicted molar refractivity (Wildman–Crippen MR) is 110 cm³/mol. The average Bonchev–Trinajstić information content (AvgIpc) is 2.84. The number of benzene rings is 2. The quantitative estimate of drug-likeness (QED) is 0.729. The molecule has 0 unspecified atom stereocenters. The monoisotopic (exact) mass is 356 g/mol. The van der Waals surface area contributed by atoms with Crippen molar-refractivity contribution in [1.82, 2.24) is 9.97 Å². The van der Waals surface area contributed by atoms with Crippen molar-refractivity contribution in [2.45, 2.75) is 38.6 Å². The van der Waals surface area contributed by atoms with Crippen LogP contribution in [0.4, 0.5) is 17.3 Å². The number of aromatic nitrogens is 2. The fraction of sp³-hybridized carbons (Fsp3) is 0.304. The molecule has 2 aliphatic rings. The number of rotatable bonds is 3. The average molecular weight is 356 g/mol. The molecule has 4 heteroatoms. The Morgan fingerprint density at radius 2 is 1.96 bits per heavy atom. The van der Waals surface area contributed by atoms with Crippen LogP contribution in [0.25, 0.3) is 0 Å². The fourth-order valence-electron chi connectivity index (χ4n) is 4.46. The van der Waals surface area contributed by atoms with Crippen LogP contribution >= 0.6 is 0 Å². The first-order chi connectivity index (χ1) is 13.3. The van der Waals surface area contributed by atoms with Gasteiger partial charge in [0, 0.05) is 24.3 Å². The molecule has 1 aromatic heterocycles. The van der Waals surface area contributed by atoms with Crippen molar-refractivity contribution in [3.8, 4) is 0 Å². The minimum absolute atomic E-state index is 0.449. The molecule has 1 N–H and O–H groups in total. The number of fused-ring (bicyclic) bond motifs is 2. The zero-order valence-corrected chi connectivity index (χ0v) is 15.7. The van der Waals surface area contributed by atoms with Crippen LogP contribution in [0.5, 0.6) is 0 Å². The smallest absolute Gasteiger partial charge is 0.141 e. The maximum Gasteiger partial charge on any atom is 0.141 e. The Hall–Kier alpha value is -2.88. The maximum atomic E-state index is 4.73. The van der Waals surface area contributed by atoms with Crippen molar-refractivity contribution in [3.63, 3.8) is 0 Å². The van der Waals surface area contributed by atoms with Crippen LogP contribution in [0, 0.1) is 0 Å². The van der Waals surface area contributed by atoms with E-state index in [1.807, 2.05) is 6.07 Å². The van der Waals surface area contributed by atoms with Crippen LogP contribution in [0.3, 0.4) is 0 Å². The molecule has 2 aliphatic heterocycles. The van der Waals surface area contributed by atoms with Gasteiger partial charge in [-0.25, -0.2) is 9.97 Å². The molecule has 1 atom stereocenters. The van der Waals surface area contributed by atoms with Gasteiger partial charge in [-0.1, -0.05) is 55.5 Å². The molecule has 0 fully saturated rings. The second-order valence-corrected chi connectivity index (χ2v) is 7.58. The lowest BCUT2D eigenvalue weighted by molar-refractivity contribution is 0.746. The lowest BCUT2D eigenvalue weighted by atomic mass is 9.90. The summed E-state index contributed by atoms with van der Waals surface area (Å²) in [5.41, 5.74) is 6.79. The van der Waals surface area contributed by atoms with Gasteiger partial charge in [-0.2, -0.15) is 0 Å². The lowest BCUT2D eigenvalue weighted by Gasteiger charge is -2.32. The molecule has 136 valence electrons. The van der Waals surface area contributed by atoms with Crippen LogP contribution in [0.2, 0.25) is 0 Å². The lowest BCUT2D eigenvalue weighted by Crippen LogP contribution is -2.26. The molecule has 0 saturated carbocycles. The topological polar surface area (TPSA) is 41.1 Å². The van der Waals surface area contributed by atoms with Crippen LogP contribution in [0.1, 0.15) is 41.5 Å². The van der Waals surface area contributed by atoms with E-state index in [1.165, 1.54) is 34.4 Å². The third-order valence-electron chi connectivity index (χ3n) is 5.77. The second-order valence-electron chi connectivity index (χ2n) is 7.58. The summed E-state index contributed by atoms with van der Waals surface area (Å²) in [6, 6.07) is 17.3. The Labute approximate surface area is 160 Å². The molecule has 3 aromatic rings. The number of para-hydroxylation sites is 1. The van der Waals surface area contributed by atoms with E-state index in [2.05, 4.69) is 64.6 Å². The van der Waals surface area contributed by atoms with E-state index in [1.54, 1.807) is 6.33 Å². The SMILES string of the molecule is C[C@@H]1Cc2c(NCc3ccccc3)ncnc2N2CCCc3cccc1c32. The minimum Gasteiger partial charge on any atom is -0.366 e. The Bertz CT molecular complexity index is 967. The van der Waals surface area contributed by atoms with Crippen LogP contribution in [-0.2, 0) is 19.4 Å². The molecule has 0 spiro atoms. The fourth-order valence-corrected chi connectivity index (χ4v) is 4.46. The number of anilines is 3. The molecule has 3 heterocycles. The van der Waals surface area contributed by atoms with Gasteiger partial charge >= 0.3 is 0 Å². The minimum atomic E-state index is 0.449. The molecule has 4 nitrogen and oxygen atoms in total. The van der Waals surface area contributed by atoms with Crippen LogP contribution < -0.4 is 10.2 Å². The standard InChI is InChI=1S/C23H24N4/c1-16-13-20-22(24-14-17-7-3-2-4-8-17)25-15-26-23(20)27-12-6-10-18-9-5-11-19(16)21(18)27/h2-5,7-9,11,15-16H,6,10,12-14H2,1H3,(H,24,25,26)/t16-/m1/s1. The summed E-state index contributed by atoms with van der Waals surface area (Å²) >= 11 is 0. The van der Waals surface area contributed by atoms with Crippen molar-refractivity contribution >= 4 is 17.3 Å². The van der Waals surface area contributed by atoms with Crippen LogP contribution in [0.15, 0.2) is 54.9 Å². The molecule has 0 bridgehead atoms. The Morgan fingerprint density at radius 1 is 1.07 bits per heavy atom. The number of hydrogen-bond acceptors (Lipinski definition) is 4. The van der Waals surface area contributed by atoms with Gasteiger partial charge in [0.2, 0.25) is 0 Å². The molecule has 0 amide bonds. The first-order valence-electron chi connectivity index (χ1n) is 9.82. The Kier molecular flexibility index (Phi) is 4.04. The number of hydrogen-bond donors (Lipinski definition) is 1. The summed E-state index contributed by atoms with van der Waals surface area (Å²) in [5.74, 6) is 2.50. The summed E-state index contributed by atoms with van der Waals surface area (Å²) in [5, 5.41) is 3.56. The van der Waals surface area contributed by atoms with Gasteiger partial charge in [0.1, 0.15) is 18.0 Å². The zero-order valence-electron chi connectivity index (χ0n) is 15.7. The molecular weight excluding hydrogens is 332 g/mol. The van der Waals surface area contributed by atoms with E-state index in [9.17, 15) is 0 Å². The second kappa shape index (κ2) is 6.69. The van der Waals surface area contributed by atoms with Crippen molar-refractivity contribution < 1.29 is 0 Å². The number of nitrogens with one attached hydrogen (secondary N) is 1. The first kappa shape index (κ1) is 16.3. The molecule has 0 aliphatic carbocycles. The van der Waals surface area contributed by atoms with Crippen molar-refractivity contribution in [2.24, 2.45) is 0 Å². The van der Waals surface area contributed by atoms with Gasteiger partial charge < -0.3 is 10.2 Å². The highest BCUT2D eigenvalue weighted by Gasteiger charge is 2.31. The Balaban J connectivity index is 1.56. The molecule has 0 saturated heterocycles. The van der Waals surface area contributed by atoms with Gasteiger partial charge in [-0.05, 0) is 41.9 Å². The van der Waals surface area contributed by atoms with E-state index >= 15 is 0 Å². The van der Waals surface area contributed by atoms with E-state index < -0.39 is 0 Å². The van der Waals surface area contributed by atoms with Gasteiger partial charge in [0.15, 0.2) is 0 Å². The first-order valence-corrected chi connectivity index (χ1v) is 9.82. The summed E-state index contributed by atoms with van der Waals surface area (Å²) in [4.78, 5) is 11.8. The maximum absolute atomic E-state index is 4.73. The van der Waals surface area contributed by atoms with Crippen molar-refractivity contribution in [2.75, 3.05) is 16.8 Å². The molecule has 5 rings (SSSR count). The summed E-state index contributed by atoms with van der Waals surface area (Å²) in [6.07, 6.45) is 4.99. The van der Waals surface area contributed by atoms with E-state index in [0.29, 0.717) is 5.92 Å². The highest BCUT2D eigenvalue weighted by Crippen LogP contribution is 2.45. The molecule has 27 heavy (non-hydrogen) atoms. The van der Waals surface area contributed by atoms with Crippen molar-refractivity contribution in [1.29, 1.82) is 0 Å². The summed E-state index contributed by atoms with van der Waals surface area (Å²) < 4.78 is 0. The molecular formula is C23H24N4. The van der Waals surface area contributed by atoms with E-state index in [-0.39, 0.29) is 0 Å². The predicted octanol–water partition coefficient (Wildman–Crippen LogP) is 4.83. The highest BCUT2D eigenvalue weighted by atomic mass is 15.2. The van der Waals surface area contributed by atoms with Gasteiger partial charge in [0.25, 0.3) is 0 Å². The molecule has 0 radical (unpaired) electrons. The normalized spacial score (nSPS) is 17.7. The third kappa shape index (κ3) is 2.85. The van der Waals surface area contributed by atoms with E-state index in [4.69, 9.17) is 4.98 Å². The van der Waals surface area contributed by atoms with E-state index in [0.717, 1.165) is 37.6 Å². The number of aryl methyl sites for hydroxylation is 1. The van der Waals surface area contributed by atoms with Crippen molar-refractivity contribution in [3.05, 3.63) is 77.1 Å². The third-order valence-corrected chi connectivity index (χ3v) is 5.77. The number of nitrogens with zero attached hydrogens (tertiary/aromatic N) is 3. The van der Waals surface area contributed by atoms with Gasteiger partial charge in [-0.3, -0.25) is 0 Å². The van der Waals surface area contributed by atoms with Crippen LogP contribution in [-0.4, -0.2) is 16.5 Å².